The zero-order valence-corrected chi connectivity index (χ0v) is 13.2. The van der Waals surface area contributed by atoms with Crippen LogP contribution in [0.4, 0.5) is 0 Å². The second-order valence-electron chi connectivity index (χ2n) is 5.39. The van der Waals surface area contributed by atoms with E-state index in [1.807, 2.05) is 18.2 Å². The second kappa shape index (κ2) is 7.64. The minimum absolute atomic E-state index is 0.0941. The Kier molecular flexibility index (Phi) is 5.85. The maximum atomic E-state index is 6.41. The highest BCUT2D eigenvalue weighted by atomic mass is 16.5. The number of likely N-dealkylation sites (tertiary alicyclic amines) is 1. The van der Waals surface area contributed by atoms with E-state index in [1.165, 1.54) is 0 Å². The molecule has 0 saturated carbocycles. The zero-order chi connectivity index (χ0) is 15.2. The van der Waals surface area contributed by atoms with Gasteiger partial charge in [0.1, 0.15) is 11.5 Å². The lowest BCUT2D eigenvalue weighted by molar-refractivity contribution is 0.0834. The Morgan fingerprint density at radius 2 is 2.05 bits per heavy atom. The van der Waals surface area contributed by atoms with Gasteiger partial charge in [-0.2, -0.15) is 0 Å². The Labute approximate surface area is 127 Å². The molecule has 0 amide bonds. The van der Waals surface area contributed by atoms with E-state index in [2.05, 4.69) is 4.90 Å². The highest BCUT2D eigenvalue weighted by Crippen LogP contribution is 2.37. The van der Waals surface area contributed by atoms with Crippen molar-refractivity contribution in [2.45, 2.75) is 24.9 Å². The number of rotatable bonds is 6. The first-order chi connectivity index (χ1) is 10.2. The van der Waals surface area contributed by atoms with Gasteiger partial charge in [-0.05, 0) is 37.6 Å². The number of nitrogens with zero attached hydrogens (tertiary/aromatic N) is 1. The molecule has 5 heteroatoms. The van der Waals surface area contributed by atoms with Crippen molar-refractivity contribution in [2.24, 2.45) is 5.73 Å². The molecule has 0 radical (unpaired) electrons. The Balaban J connectivity index is 2.33. The van der Waals surface area contributed by atoms with Gasteiger partial charge in [0, 0.05) is 25.3 Å². The fourth-order valence-corrected chi connectivity index (χ4v) is 3.06. The lowest BCUT2D eigenvalue weighted by Crippen LogP contribution is -2.47. The van der Waals surface area contributed by atoms with Crippen molar-refractivity contribution in [3.05, 3.63) is 23.8 Å². The van der Waals surface area contributed by atoms with E-state index < -0.39 is 0 Å². The van der Waals surface area contributed by atoms with E-state index in [0.717, 1.165) is 43.0 Å². The summed E-state index contributed by atoms with van der Waals surface area (Å²) in [5.74, 6) is 1.69. The van der Waals surface area contributed by atoms with Crippen molar-refractivity contribution < 1.29 is 14.2 Å². The smallest absolute Gasteiger partial charge is 0.123 e. The van der Waals surface area contributed by atoms with Crippen LogP contribution in [0.25, 0.3) is 0 Å². The highest BCUT2D eigenvalue weighted by Gasteiger charge is 2.32. The minimum Gasteiger partial charge on any atom is -0.497 e. The molecule has 1 fully saturated rings. The molecule has 1 aromatic carbocycles. The number of piperidine rings is 1. The molecule has 0 spiro atoms. The summed E-state index contributed by atoms with van der Waals surface area (Å²) in [6.07, 6.45) is 2.14. The molecule has 118 valence electrons. The lowest BCUT2D eigenvalue weighted by Gasteiger charge is -2.40. The van der Waals surface area contributed by atoms with Crippen LogP contribution in [0.5, 0.6) is 11.5 Å². The van der Waals surface area contributed by atoms with Crippen molar-refractivity contribution in [3.8, 4) is 11.5 Å². The summed E-state index contributed by atoms with van der Waals surface area (Å²) in [5.41, 5.74) is 7.51. The van der Waals surface area contributed by atoms with Crippen molar-refractivity contribution >= 4 is 0 Å². The number of hydrogen-bond donors (Lipinski definition) is 1. The molecule has 0 bridgehead atoms. The predicted octanol–water partition coefficient (Wildman–Crippen LogP) is 1.81. The van der Waals surface area contributed by atoms with Crippen LogP contribution in [-0.4, -0.2) is 52.0 Å². The first kappa shape index (κ1) is 16.1. The highest BCUT2D eigenvalue weighted by molar-refractivity contribution is 5.43. The summed E-state index contributed by atoms with van der Waals surface area (Å²) in [6, 6.07) is 6.13. The quantitative estimate of drug-likeness (QED) is 0.867. The first-order valence-electron chi connectivity index (χ1n) is 7.41. The Hall–Kier alpha value is -1.30. The SMILES string of the molecule is COCCN1CCCC(N)C1c1cc(OC)ccc1OC. The summed E-state index contributed by atoms with van der Waals surface area (Å²) in [7, 11) is 5.10. The normalized spacial score (nSPS) is 23.0. The molecule has 1 aliphatic heterocycles. The van der Waals surface area contributed by atoms with Gasteiger partial charge in [0.15, 0.2) is 0 Å². The third-order valence-electron chi connectivity index (χ3n) is 4.12. The van der Waals surface area contributed by atoms with Crippen LogP contribution in [0.15, 0.2) is 18.2 Å². The van der Waals surface area contributed by atoms with Gasteiger partial charge < -0.3 is 19.9 Å². The molecular formula is C16H26N2O3. The monoisotopic (exact) mass is 294 g/mol. The molecular weight excluding hydrogens is 268 g/mol. The third-order valence-corrected chi connectivity index (χ3v) is 4.12. The van der Waals surface area contributed by atoms with E-state index in [9.17, 15) is 0 Å². The van der Waals surface area contributed by atoms with E-state index in [1.54, 1.807) is 21.3 Å². The summed E-state index contributed by atoms with van der Waals surface area (Å²) < 4.78 is 16.1. The van der Waals surface area contributed by atoms with Crippen molar-refractivity contribution in [2.75, 3.05) is 41.0 Å². The van der Waals surface area contributed by atoms with Gasteiger partial charge in [-0.1, -0.05) is 0 Å². The van der Waals surface area contributed by atoms with Crippen LogP contribution in [0.1, 0.15) is 24.4 Å². The molecule has 1 heterocycles. The van der Waals surface area contributed by atoms with E-state index in [-0.39, 0.29) is 12.1 Å². The predicted molar refractivity (Wildman–Crippen MR) is 82.9 cm³/mol. The van der Waals surface area contributed by atoms with E-state index in [4.69, 9.17) is 19.9 Å². The van der Waals surface area contributed by atoms with Gasteiger partial charge >= 0.3 is 0 Å². The van der Waals surface area contributed by atoms with E-state index >= 15 is 0 Å². The van der Waals surface area contributed by atoms with Gasteiger partial charge in [0.2, 0.25) is 0 Å². The number of nitrogens with two attached hydrogens (primary N) is 1. The standard InChI is InChI=1S/C16H26N2O3/c1-19-10-9-18-8-4-5-14(17)16(18)13-11-12(20-2)6-7-15(13)21-3/h6-7,11,14,16H,4-5,8-10,17H2,1-3H3. The molecule has 2 N–H and O–H groups in total. The largest absolute Gasteiger partial charge is 0.497 e. The Morgan fingerprint density at radius 3 is 2.71 bits per heavy atom. The van der Waals surface area contributed by atoms with Crippen LogP contribution in [0, 0.1) is 0 Å². The summed E-state index contributed by atoms with van der Waals surface area (Å²) in [6.45, 7) is 2.60. The van der Waals surface area contributed by atoms with Gasteiger partial charge in [-0.25, -0.2) is 0 Å². The maximum Gasteiger partial charge on any atom is 0.123 e. The average molecular weight is 294 g/mol. The maximum absolute atomic E-state index is 6.41. The van der Waals surface area contributed by atoms with Crippen LogP contribution in [0.2, 0.25) is 0 Å². The average Bonchev–Trinajstić information content (AvgIpc) is 2.52. The molecule has 2 rings (SSSR count). The molecule has 21 heavy (non-hydrogen) atoms. The number of ether oxygens (including phenoxy) is 3. The second-order valence-corrected chi connectivity index (χ2v) is 5.39. The lowest BCUT2D eigenvalue weighted by atomic mass is 9.90. The molecule has 1 aliphatic rings. The summed E-state index contributed by atoms with van der Waals surface area (Å²) in [4.78, 5) is 2.38. The van der Waals surface area contributed by atoms with E-state index in [0.29, 0.717) is 6.61 Å². The number of methoxy groups -OCH3 is 3. The molecule has 0 aliphatic carbocycles. The van der Waals surface area contributed by atoms with Crippen LogP contribution < -0.4 is 15.2 Å². The van der Waals surface area contributed by atoms with Crippen molar-refractivity contribution in [3.63, 3.8) is 0 Å². The molecule has 2 atom stereocenters. The van der Waals surface area contributed by atoms with Crippen LogP contribution in [-0.2, 0) is 4.74 Å². The minimum atomic E-state index is 0.0941. The van der Waals surface area contributed by atoms with Gasteiger partial charge in [0.25, 0.3) is 0 Å². The van der Waals surface area contributed by atoms with Gasteiger partial charge in [-0.3, -0.25) is 4.90 Å². The van der Waals surface area contributed by atoms with Crippen molar-refractivity contribution in [1.82, 2.24) is 4.90 Å². The number of hydrogen-bond acceptors (Lipinski definition) is 5. The molecule has 1 saturated heterocycles. The third kappa shape index (κ3) is 3.67. The first-order valence-corrected chi connectivity index (χ1v) is 7.41. The van der Waals surface area contributed by atoms with Crippen LogP contribution >= 0.6 is 0 Å². The molecule has 2 unspecified atom stereocenters. The fourth-order valence-electron chi connectivity index (χ4n) is 3.06. The molecule has 5 nitrogen and oxygen atoms in total. The molecule has 0 aromatic heterocycles. The van der Waals surface area contributed by atoms with Crippen molar-refractivity contribution in [1.29, 1.82) is 0 Å². The van der Waals surface area contributed by atoms with Gasteiger partial charge in [-0.15, -0.1) is 0 Å². The molecule has 1 aromatic rings. The topological polar surface area (TPSA) is 57.0 Å². The fraction of sp³-hybridized carbons (Fsp3) is 0.625. The number of benzene rings is 1. The Bertz CT molecular complexity index is 453. The zero-order valence-electron chi connectivity index (χ0n) is 13.2. The summed E-state index contributed by atoms with van der Waals surface area (Å²) >= 11 is 0. The Morgan fingerprint density at radius 1 is 1.24 bits per heavy atom. The summed E-state index contributed by atoms with van der Waals surface area (Å²) in [5, 5.41) is 0. The van der Waals surface area contributed by atoms with Crippen LogP contribution in [0.3, 0.4) is 0 Å². The van der Waals surface area contributed by atoms with Gasteiger partial charge in [0.05, 0.1) is 26.9 Å².